The van der Waals surface area contributed by atoms with Gasteiger partial charge in [0, 0.05) is 5.54 Å². The fourth-order valence-electron chi connectivity index (χ4n) is 2.13. The predicted octanol–water partition coefficient (Wildman–Crippen LogP) is 3.09. The molecule has 0 atom stereocenters. The van der Waals surface area contributed by atoms with Crippen molar-refractivity contribution >= 4 is 5.82 Å². The molecule has 4 nitrogen and oxygen atoms in total. The number of hydrogen-bond donors (Lipinski definition) is 1. The minimum absolute atomic E-state index is 0.144. The van der Waals surface area contributed by atoms with Gasteiger partial charge < -0.3 is 5.32 Å². The summed E-state index contributed by atoms with van der Waals surface area (Å²) in [4.78, 5) is 0. The van der Waals surface area contributed by atoms with Gasteiger partial charge in [0.2, 0.25) is 0 Å². The van der Waals surface area contributed by atoms with Gasteiger partial charge in [0.1, 0.15) is 11.9 Å². The molecule has 0 amide bonds. The van der Waals surface area contributed by atoms with Crippen molar-refractivity contribution in [3.63, 3.8) is 0 Å². The highest BCUT2D eigenvalue weighted by atomic mass is 15.2. The van der Waals surface area contributed by atoms with Crippen molar-refractivity contribution in [2.75, 3.05) is 5.32 Å². The molecule has 1 heterocycles. The van der Waals surface area contributed by atoms with E-state index in [1.807, 2.05) is 12.1 Å². The summed E-state index contributed by atoms with van der Waals surface area (Å²) in [7, 11) is 0. The van der Waals surface area contributed by atoms with Crippen molar-refractivity contribution in [3.8, 4) is 6.07 Å². The number of hydrogen-bond acceptors (Lipinski definition) is 4. The van der Waals surface area contributed by atoms with Crippen molar-refractivity contribution in [2.45, 2.75) is 32.7 Å². The standard InChI is InChI=1S/C16H18N4/c1-12-6-4-5-7-13(12)10-16(2,3)18-15-9-8-14(11-17)19-20-15/h4-9H,10H2,1-3H3,(H,18,20). The summed E-state index contributed by atoms with van der Waals surface area (Å²) >= 11 is 0. The van der Waals surface area contributed by atoms with Gasteiger partial charge in [0.25, 0.3) is 0 Å². The molecule has 0 aliphatic rings. The summed E-state index contributed by atoms with van der Waals surface area (Å²) in [6.07, 6.45) is 0.890. The van der Waals surface area contributed by atoms with E-state index in [1.165, 1.54) is 11.1 Å². The molecule has 1 N–H and O–H groups in total. The Hall–Kier alpha value is -2.41. The van der Waals surface area contributed by atoms with Gasteiger partial charge in [-0.2, -0.15) is 5.26 Å². The van der Waals surface area contributed by atoms with E-state index in [4.69, 9.17) is 5.26 Å². The van der Waals surface area contributed by atoms with Crippen LogP contribution in [0.3, 0.4) is 0 Å². The molecule has 0 radical (unpaired) electrons. The highest BCUT2D eigenvalue weighted by Gasteiger charge is 2.19. The quantitative estimate of drug-likeness (QED) is 0.923. The first-order valence-corrected chi connectivity index (χ1v) is 6.57. The molecular formula is C16H18N4. The largest absolute Gasteiger partial charge is 0.363 e. The van der Waals surface area contributed by atoms with Gasteiger partial charge in [0.05, 0.1) is 0 Å². The highest BCUT2D eigenvalue weighted by Crippen LogP contribution is 2.20. The molecule has 2 rings (SSSR count). The number of rotatable bonds is 4. The number of anilines is 1. The molecule has 0 saturated carbocycles. The van der Waals surface area contributed by atoms with Crippen LogP contribution in [0.25, 0.3) is 0 Å². The number of nitriles is 1. The molecule has 0 saturated heterocycles. The van der Waals surface area contributed by atoms with E-state index in [2.05, 4.69) is 54.5 Å². The van der Waals surface area contributed by atoms with Crippen LogP contribution in [0, 0.1) is 18.3 Å². The van der Waals surface area contributed by atoms with Crippen LogP contribution in [0.15, 0.2) is 36.4 Å². The second-order valence-corrected chi connectivity index (χ2v) is 5.53. The van der Waals surface area contributed by atoms with Crippen LogP contribution in [0.2, 0.25) is 0 Å². The van der Waals surface area contributed by atoms with Crippen LogP contribution in [-0.2, 0) is 6.42 Å². The lowest BCUT2D eigenvalue weighted by atomic mass is 9.92. The summed E-state index contributed by atoms with van der Waals surface area (Å²) in [5.41, 5.74) is 2.78. The molecule has 0 spiro atoms. The number of nitrogens with zero attached hydrogens (tertiary/aromatic N) is 3. The lowest BCUT2D eigenvalue weighted by Crippen LogP contribution is -2.34. The van der Waals surface area contributed by atoms with Gasteiger partial charge in [-0.15, -0.1) is 10.2 Å². The number of aromatic nitrogens is 2. The van der Waals surface area contributed by atoms with E-state index in [0.717, 1.165) is 6.42 Å². The Bertz CT molecular complexity index is 624. The summed E-state index contributed by atoms with van der Waals surface area (Å²) in [6, 6.07) is 13.8. The zero-order valence-electron chi connectivity index (χ0n) is 12.0. The summed E-state index contributed by atoms with van der Waals surface area (Å²) in [5, 5.41) is 19.9. The Morgan fingerprint density at radius 3 is 2.50 bits per heavy atom. The van der Waals surface area contributed by atoms with Crippen LogP contribution in [-0.4, -0.2) is 15.7 Å². The molecule has 2 aromatic rings. The van der Waals surface area contributed by atoms with Crippen molar-refractivity contribution in [3.05, 3.63) is 53.2 Å². The van der Waals surface area contributed by atoms with E-state index >= 15 is 0 Å². The molecule has 20 heavy (non-hydrogen) atoms. The lowest BCUT2D eigenvalue weighted by Gasteiger charge is -2.27. The predicted molar refractivity (Wildman–Crippen MR) is 79.3 cm³/mol. The highest BCUT2D eigenvalue weighted by molar-refractivity contribution is 5.39. The Kier molecular flexibility index (Phi) is 3.99. The average Bonchev–Trinajstić information content (AvgIpc) is 2.41. The maximum Gasteiger partial charge on any atom is 0.163 e. The van der Waals surface area contributed by atoms with Crippen LogP contribution in [0.4, 0.5) is 5.82 Å². The topological polar surface area (TPSA) is 61.6 Å². The lowest BCUT2D eigenvalue weighted by molar-refractivity contribution is 0.558. The number of benzene rings is 1. The van der Waals surface area contributed by atoms with Crippen LogP contribution in [0.1, 0.15) is 30.7 Å². The molecule has 0 fully saturated rings. The summed E-state index contributed by atoms with van der Waals surface area (Å²) < 4.78 is 0. The van der Waals surface area contributed by atoms with Gasteiger partial charge in [0.15, 0.2) is 5.69 Å². The van der Waals surface area contributed by atoms with Gasteiger partial charge in [-0.1, -0.05) is 24.3 Å². The summed E-state index contributed by atoms with van der Waals surface area (Å²) in [5.74, 6) is 0.683. The molecule has 0 aliphatic carbocycles. The molecule has 0 bridgehead atoms. The maximum absolute atomic E-state index is 8.71. The van der Waals surface area contributed by atoms with Gasteiger partial charge in [-0.05, 0) is 50.5 Å². The fraction of sp³-hybridized carbons (Fsp3) is 0.312. The van der Waals surface area contributed by atoms with Gasteiger partial charge in [-0.25, -0.2) is 0 Å². The first-order valence-electron chi connectivity index (χ1n) is 6.57. The van der Waals surface area contributed by atoms with Crippen molar-refractivity contribution < 1.29 is 0 Å². The maximum atomic E-state index is 8.71. The van der Waals surface area contributed by atoms with Crippen molar-refractivity contribution in [2.24, 2.45) is 0 Å². The molecule has 0 aliphatic heterocycles. The second-order valence-electron chi connectivity index (χ2n) is 5.53. The van der Waals surface area contributed by atoms with Crippen LogP contribution in [0.5, 0.6) is 0 Å². The monoisotopic (exact) mass is 266 g/mol. The zero-order valence-corrected chi connectivity index (χ0v) is 12.0. The minimum Gasteiger partial charge on any atom is -0.363 e. The third-order valence-electron chi connectivity index (χ3n) is 3.14. The van der Waals surface area contributed by atoms with E-state index in [9.17, 15) is 0 Å². The van der Waals surface area contributed by atoms with Gasteiger partial charge >= 0.3 is 0 Å². The normalized spacial score (nSPS) is 10.9. The minimum atomic E-state index is -0.144. The first-order chi connectivity index (χ1) is 9.50. The third-order valence-corrected chi connectivity index (χ3v) is 3.14. The Morgan fingerprint density at radius 2 is 1.90 bits per heavy atom. The van der Waals surface area contributed by atoms with Crippen LogP contribution >= 0.6 is 0 Å². The third kappa shape index (κ3) is 3.55. The molecular weight excluding hydrogens is 248 g/mol. The van der Waals surface area contributed by atoms with E-state index in [-0.39, 0.29) is 5.54 Å². The molecule has 102 valence electrons. The van der Waals surface area contributed by atoms with E-state index < -0.39 is 0 Å². The zero-order chi connectivity index (χ0) is 14.6. The second kappa shape index (κ2) is 5.70. The van der Waals surface area contributed by atoms with E-state index in [1.54, 1.807) is 12.1 Å². The SMILES string of the molecule is Cc1ccccc1CC(C)(C)Nc1ccc(C#N)nn1. The van der Waals surface area contributed by atoms with Gasteiger partial charge in [-0.3, -0.25) is 0 Å². The average molecular weight is 266 g/mol. The fourth-order valence-corrected chi connectivity index (χ4v) is 2.13. The number of nitrogens with one attached hydrogen (secondary N) is 1. The molecule has 4 heteroatoms. The number of aryl methyl sites for hydroxylation is 1. The Balaban J connectivity index is 2.10. The summed E-state index contributed by atoms with van der Waals surface area (Å²) in [6.45, 7) is 6.37. The van der Waals surface area contributed by atoms with Crippen molar-refractivity contribution in [1.82, 2.24) is 10.2 Å². The first kappa shape index (κ1) is 14.0. The Morgan fingerprint density at radius 1 is 1.15 bits per heavy atom. The molecule has 0 unspecified atom stereocenters. The smallest absolute Gasteiger partial charge is 0.163 e. The van der Waals surface area contributed by atoms with Crippen molar-refractivity contribution in [1.29, 1.82) is 5.26 Å². The molecule has 1 aromatic carbocycles. The van der Waals surface area contributed by atoms with E-state index in [0.29, 0.717) is 11.5 Å². The Labute approximate surface area is 119 Å². The van der Waals surface area contributed by atoms with Crippen LogP contribution < -0.4 is 5.32 Å². The molecule has 1 aromatic heterocycles.